The molecule has 1 saturated carbocycles. The SMILES string of the molecule is c1cc(CC2CO2)cc(C2CCC2)c1. The Morgan fingerprint density at radius 2 is 2.14 bits per heavy atom. The first-order chi connectivity index (χ1) is 6.92. The fourth-order valence-electron chi connectivity index (χ4n) is 2.16. The number of rotatable bonds is 3. The van der Waals surface area contributed by atoms with E-state index < -0.39 is 0 Å². The predicted octanol–water partition coefficient (Wildman–Crippen LogP) is 2.90. The van der Waals surface area contributed by atoms with Gasteiger partial charge in [0.1, 0.15) is 0 Å². The van der Waals surface area contributed by atoms with E-state index in [9.17, 15) is 0 Å². The van der Waals surface area contributed by atoms with Crippen LogP contribution in [-0.4, -0.2) is 12.7 Å². The molecule has 0 spiro atoms. The van der Waals surface area contributed by atoms with Crippen molar-refractivity contribution in [2.24, 2.45) is 0 Å². The standard InChI is InChI=1S/C13H16O/c1-3-10(8-13-9-14-13)7-12(6-1)11-4-2-5-11/h1,3,6-7,11,13H,2,4-5,8-9H2. The lowest BCUT2D eigenvalue weighted by Crippen LogP contribution is -2.09. The average molecular weight is 188 g/mol. The van der Waals surface area contributed by atoms with E-state index in [1.165, 1.54) is 24.8 Å². The second kappa shape index (κ2) is 3.39. The van der Waals surface area contributed by atoms with Crippen LogP contribution in [0.3, 0.4) is 0 Å². The Morgan fingerprint density at radius 3 is 2.79 bits per heavy atom. The monoisotopic (exact) mass is 188 g/mol. The van der Waals surface area contributed by atoms with Gasteiger partial charge >= 0.3 is 0 Å². The molecule has 2 aliphatic rings. The summed E-state index contributed by atoms with van der Waals surface area (Å²) in [6, 6.07) is 9.09. The van der Waals surface area contributed by atoms with Gasteiger partial charge in [-0.15, -0.1) is 0 Å². The lowest BCUT2D eigenvalue weighted by molar-refractivity contribution is 0.406. The lowest BCUT2D eigenvalue weighted by Gasteiger charge is -2.26. The third-order valence-electron chi connectivity index (χ3n) is 3.39. The minimum atomic E-state index is 0.520. The van der Waals surface area contributed by atoms with Crippen LogP contribution in [0.25, 0.3) is 0 Å². The Labute approximate surface area is 85.1 Å². The molecule has 1 aromatic carbocycles. The van der Waals surface area contributed by atoms with Gasteiger partial charge in [0, 0.05) is 6.42 Å². The van der Waals surface area contributed by atoms with E-state index in [1.54, 1.807) is 5.56 Å². The molecule has 1 saturated heterocycles. The summed E-state index contributed by atoms with van der Waals surface area (Å²) in [5, 5.41) is 0. The van der Waals surface area contributed by atoms with Crippen LogP contribution in [0.1, 0.15) is 36.3 Å². The molecule has 3 rings (SSSR count). The Morgan fingerprint density at radius 1 is 1.29 bits per heavy atom. The predicted molar refractivity (Wildman–Crippen MR) is 56.5 cm³/mol. The Balaban J connectivity index is 1.75. The molecule has 1 aliphatic carbocycles. The number of epoxide rings is 1. The van der Waals surface area contributed by atoms with Crippen molar-refractivity contribution < 1.29 is 4.74 Å². The Kier molecular flexibility index (Phi) is 2.06. The number of hydrogen-bond donors (Lipinski definition) is 0. The Hall–Kier alpha value is -0.820. The summed E-state index contributed by atoms with van der Waals surface area (Å²) >= 11 is 0. The van der Waals surface area contributed by atoms with Crippen molar-refractivity contribution in [3.63, 3.8) is 0 Å². The van der Waals surface area contributed by atoms with Crippen molar-refractivity contribution in [1.29, 1.82) is 0 Å². The topological polar surface area (TPSA) is 12.5 Å². The van der Waals surface area contributed by atoms with E-state index in [0.717, 1.165) is 18.9 Å². The van der Waals surface area contributed by atoms with Crippen LogP contribution in [0.4, 0.5) is 0 Å². The summed E-state index contributed by atoms with van der Waals surface area (Å²) in [5.74, 6) is 0.857. The summed E-state index contributed by atoms with van der Waals surface area (Å²) in [6.45, 7) is 0.966. The maximum atomic E-state index is 5.25. The van der Waals surface area contributed by atoms with Gasteiger partial charge in [0.2, 0.25) is 0 Å². The van der Waals surface area contributed by atoms with Gasteiger partial charge in [-0.1, -0.05) is 30.7 Å². The molecule has 1 heterocycles. The van der Waals surface area contributed by atoms with Gasteiger partial charge < -0.3 is 4.74 Å². The molecule has 0 bridgehead atoms. The molecular weight excluding hydrogens is 172 g/mol. The van der Waals surface area contributed by atoms with Crippen LogP contribution in [0.15, 0.2) is 24.3 Å². The van der Waals surface area contributed by atoms with E-state index in [2.05, 4.69) is 24.3 Å². The van der Waals surface area contributed by atoms with Crippen molar-refractivity contribution in [3.05, 3.63) is 35.4 Å². The normalized spacial score (nSPS) is 25.9. The van der Waals surface area contributed by atoms with Crippen molar-refractivity contribution in [2.75, 3.05) is 6.61 Å². The highest BCUT2D eigenvalue weighted by molar-refractivity contribution is 5.28. The third kappa shape index (κ3) is 1.69. The summed E-state index contributed by atoms with van der Waals surface area (Å²) in [4.78, 5) is 0. The Bertz CT molecular complexity index is 324. The molecule has 1 heteroatoms. The molecule has 0 N–H and O–H groups in total. The largest absolute Gasteiger partial charge is 0.373 e. The molecule has 1 aliphatic heterocycles. The number of benzene rings is 1. The van der Waals surface area contributed by atoms with Crippen LogP contribution in [0.2, 0.25) is 0 Å². The van der Waals surface area contributed by atoms with Crippen LogP contribution >= 0.6 is 0 Å². The van der Waals surface area contributed by atoms with E-state index in [0.29, 0.717) is 6.10 Å². The van der Waals surface area contributed by atoms with E-state index in [1.807, 2.05) is 0 Å². The van der Waals surface area contributed by atoms with Crippen LogP contribution in [0.5, 0.6) is 0 Å². The molecule has 0 amide bonds. The molecule has 2 fully saturated rings. The smallest absolute Gasteiger partial charge is 0.0850 e. The van der Waals surface area contributed by atoms with Gasteiger partial charge in [0.05, 0.1) is 12.7 Å². The van der Waals surface area contributed by atoms with E-state index in [4.69, 9.17) is 4.74 Å². The first-order valence-electron chi connectivity index (χ1n) is 5.62. The van der Waals surface area contributed by atoms with Crippen LogP contribution in [0, 0.1) is 0 Å². The second-order valence-corrected chi connectivity index (χ2v) is 4.53. The molecule has 1 aromatic rings. The van der Waals surface area contributed by atoms with Gasteiger partial charge in [-0.05, 0) is 29.9 Å². The molecule has 0 radical (unpaired) electrons. The first kappa shape index (κ1) is 8.49. The first-order valence-corrected chi connectivity index (χ1v) is 5.62. The number of ether oxygens (including phenoxy) is 1. The number of hydrogen-bond acceptors (Lipinski definition) is 1. The van der Waals surface area contributed by atoms with Gasteiger partial charge in [-0.2, -0.15) is 0 Å². The summed E-state index contributed by atoms with van der Waals surface area (Å²) < 4.78 is 5.25. The quantitative estimate of drug-likeness (QED) is 0.664. The van der Waals surface area contributed by atoms with E-state index in [-0.39, 0.29) is 0 Å². The minimum absolute atomic E-state index is 0.520. The van der Waals surface area contributed by atoms with Crippen molar-refractivity contribution in [3.8, 4) is 0 Å². The average Bonchev–Trinajstić information content (AvgIpc) is 2.85. The molecule has 1 unspecified atom stereocenters. The fourth-order valence-corrected chi connectivity index (χ4v) is 2.16. The third-order valence-corrected chi connectivity index (χ3v) is 3.39. The molecule has 1 atom stereocenters. The molecule has 0 aromatic heterocycles. The zero-order valence-corrected chi connectivity index (χ0v) is 8.41. The molecule has 14 heavy (non-hydrogen) atoms. The van der Waals surface area contributed by atoms with Gasteiger partial charge in [-0.25, -0.2) is 0 Å². The molecular formula is C13H16O. The van der Waals surface area contributed by atoms with Crippen molar-refractivity contribution in [2.45, 2.75) is 37.7 Å². The fraction of sp³-hybridized carbons (Fsp3) is 0.538. The second-order valence-electron chi connectivity index (χ2n) is 4.53. The minimum Gasteiger partial charge on any atom is -0.373 e. The van der Waals surface area contributed by atoms with Crippen LogP contribution < -0.4 is 0 Å². The lowest BCUT2D eigenvalue weighted by atomic mass is 9.79. The molecule has 1 nitrogen and oxygen atoms in total. The molecule has 74 valence electrons. The van der Waals surface area contributed by atoms with Crippen molar-refractivity contribution in [1.82, 2.24) is 0 Å². The van der Waals surface area contributed by atoms with Gasteiger partial charge in [0.15, 0.2) is 0 Å². The van der Waals surface area contributed by atoms with Gasteiger partial charge in [0.25, 0.3) is 0 Å². The highest BCUT2D eigenvalue weighted by Gasteiger charge is 2.24. The summed E-state index contributed by atoms with van der Waals surface area (Å²) in [6.07, 6.45) is 5.83. The van der Waals surface area contributed by atoms with Crippen LogP contribution in [-0.2, 0) is 11.2 Å². The van der Waals surface area contributed by atoms with Crippen molar-refractivity contribution >= 4 is 0 Å². The summed E-state index contributed by atoms with van der Waals surface area (Å²) in [7, 11) is 0. The highest BCUT2D eigenvalue weighted by atomic mass is 16.6. The van der Waals surface area contributed by atoms with E-state index >= 15 is 0 Å². The highest BCUT2D eigenvalue weighted by Crippen LogP contribution is 2.36. The zero-order valence-electron chi connectivity index (χ0n) is 8.41. The summed E-state index contributed by atoms with van der Waals surface area (Å²) in [5.41, 5.74) is 3.01. The van der Waals surface area contributed by atoms with Gasteiger partial charge in [-0.3, -0.25) is 0 Å². The zero-order chi connectivity index (χ0) is 9.38. The maximum absolute atomic E-state index is 5.25. The maximum Gasteiger partial charge on any atom is 0.0850 e.